The molecule has 7 nitrogen and oxygen atoms in total. The third-order valence-corrected chi connectivity index (χ3v) is 5.52. The molecule has 30 heavy (non-hydrogen) atoms. The summed E-state index contributed by atoms with van der Waals surface area (Å²) < 4.78 is 7.67. The number of nitrogens with one attached hydrogen (secondary N) is 2. The van der Waals surface area contributed by atoms with Crippen molar-refractivity contribution in [3.8, 4) is 5.75 Å². The van der Waals surface area contributed by atoms with Crippen molar-refractivity contribution in [1.29, 1.82) is 0 Å². The van der Waals surface area contributed by atoms with Gasteiger partial charge in [0.25, 0.3) is 17.4 Å². The monoisotopic (exact) mass is 404 g/mol. The van der Waals surface area contributed by atoms with Crippen LogP contribution in [-0.2, 0) is 16.1 Å². The Morgan fingerprint density at radius 1 is 1.13 bits per heavy atom. The molecule has 0 fully saturated rings. The number of carbonyl (C=O) groups is 2. The van der Waals surface area contributed by atoms with Gasteiger partial charge in [-0.05, 0) is 51.0 Å². The number of rotatable bonds is 4. The summed E-state index contributed by atoms with van der Waals surface area (Å²) in [6, 6.07) is 15.1. The van der Waals surface area contributed by atoms with Crippen LogP contribution in [0.5, 0.6) is 5.75 Å². The van der Waals surface area contributed by atoms with Gasteiger partial charge in [-0.3, -0.25) is 14.3 Å². The molecule has 0 aliphatic carbocycles. The molecule has 2 amide bonds. The predicted octanol–water partition coefficient (Wildman–Crippen LogP) is 3.58. The van der Waals surface area contributed by atoms with Crippen LogP contribution in [0.25, 0.3) is 0 Å². The predicted molar refractivity (Wildman–Crippen MR) is 115 cm³/mol. The number of aromatic nitrogens is 2. The number of aryl methyl sites for hydroxylation is 2. The fourth-order valence-electron chi connectivity index (χ4n) is 3.53. The van der Waals surface area contributed by atoms with E-state index in [1.54, 1.807) is 24.3 Å². The molecule has 154 valence electrons. The number of amides is 2. The summed E-state index contributed by atoms with van der Waals surface area (Å²) in [7, 11) is 0. The van der Waals surface area contributed by atoms with Gasteiger partial charge in [0.1, 0.15) is 5.75 Å². The minimum Gasteiger partial charge on any atom is -0.466 e. The molecule has 1 unspecified atom stereocenters. The molecular formula is C23H24N4O3. The summed E-state index contributed by atoms with van der Waals surface area (Å²) in [5.74, 6) is -0.601. The average Bonchev–Trinajstić information content (AvgIpc) is 2.98. The Hall–Kier alpha value is -3.61. The van der Waals surface area contributed by atoms with E-state index in [4.69, 9.17) is 4.74 Å². The van der Waals surface area contributed by atoms with Gasteiger partial charge in [-0.15, -0.1) is 0 Å². The number of hydrogen-bond donors (Lipinski definition) is 2. The number of hydrogen-bond acceptors (Lipinski definition) is 4. The van der Waals surface area contributed by atoms with E-state index in [0.29, 0.717) is 29.4 Å². The van der Waals surface area contributed by atoms with Crippen molar-refractivity contribution in [2.75, 3.05) is 10.6 Å². The van der Waals surface area contributed by atoms with Gasteiger partial charge in [-0.25, -0.2) is 0 Å². The summed E-state index contributed by atoms with van der Waals surface area (Å²) in [4.78, 5) is 25.7. The Morgan fingerprint density at radius 3 is 2.60 bits per heavy atom. The van der Waals surface area contributed by atoms with Gasteiger partial charge in [0, 0.05) is 0 Å². The zero-order valence-electron chi connectivity index (χ0n) is 17.4. The third kappa shape index (κ3) is 3.32. The minimum atomic E-state index is -1.69. The number of nitrogens with zero attached hydrogens (tertiary/aromatic N) is 2. The summed E-state index contributed by atoms with van der Waals surface area (Å²) >= 11 is 0. The highest BCUT2D eigenvalue weighted by Gasteiger charge is 2.47. The van der Waals surface area contributed by atoms with Crippen molar-refractivity contribution in [2.24, 2.45) is 0 Å². The van der Waals surface area contributed by atoms with E-state index in [2.05, 4.69) is 34.8 Å². The highest BCUT2D eigenvalue weighted by Crippen LogP contribution is 2.34. The van der Waals surface area contributed by atoms with Crippen LogP contribution >= 0.6 is 0 Å². The SMILES string of the molecule is Cc1ccccc1Cn1nc(C)c(NC(=O)C2(C)Oc3ccccc3NC2=O)c1C. The molecule has 0 saturated carbocycles. The maximum atomic E-state index is 13.1. The Morgan fingerprint density at radius 2 is 1.83 bits per heavy atom. The molecule has 7 heteroatoms. The molecule has 2 heterocycles. The first kappa shape index (κ1) is 19.7. The summed E-state index contributed by atoms with van der Waals surface area (Å²) in [5, 5.41) is 10.2. The van der Waals surface area contributed by atoms with E-state index in [1.807, 2.05) is 30.7 Å². The normalized spacial score (nSPS) is 17.7. The largest absolute Gasteiger partial charge is 0.466 e. The first-order valence-corrected chi connectivity index (χ1v) is 9.79. The van der Waals surface area contributed by atoms with Gasteiger partial charge in [0.2, 0.25) is 0 Å². The molecule has 3 aromatic rings. The summed E-state index contributed by atoms with van der Waals surface area (Å²) in [5.41, 5.74) is 3.26. The number of ether oxygens (including phenoxy) is 1. The fraction of sp³-hybridized carbons (Fsp3) is 0.261. The molecule has 2 N–H and O–H groups in total. The quantitative estimate of drug-likeness (QED) is 0.651. The van der Waals surface area contributed by atoms with Crippen molar-refractivity contribution >= 4 is 23.2 Å². The molecule has 2 aromatic carbocycles. The first-order valence-electron chi connectivity index (χ1n) is 9.79. The Bertz CT molecular complexity index is 1150. The lowest BCUT2D eigenvalue weighted by atomic mass is 10.0. The zero-order valence-corrected chi connectivity index (χ0v) is 17.4. The number of anilines is 2. The van der Waals surface area contributed by atoms with Gasteiger partial charge in [0.15, 0.2) is 0 Å². The smallest absolute Gasteiger partial charge is 0.278 e. The third-order valence-electron chi connectivity index (χ3n) is 5.52. The van der Waals surface area contributed by atoms with Crippen molar-refractivity contribution in [2.45, 2.75) is 39.8 Å². The van der Waals surface area contributed by atoms with E-state index in [1.165, 1.54) is 12.5 Å². The van der Waals surface area contributed by atoms with Crippen LogP contribution in [0.4, 0.5) is 11.4 Å². The van der Waals surface area contributed by atoms with Crippen LogP contribution in [0.2, 0.25) is 0 Å². The van der Waals surface area contributed by atoms with Crippen LogP contribution in [0.3, 0.4) is 0 Å². The van der Waals surface area contributed by atoms with Gasteiger partial charge in [-0.1, -0.05) is 36.4 Å². The van der Waals surface area contributed by atoms with E-state index < -0.39 is 17.4 Å². The Kier molecular flexibility index (Phi) is 4.81. The summed E-state index contributed by atoms with van der Waals surface area (Å²) in [6.07, 6.45) is 0. The maximum Gasteiger partial charge on any atom is 0.278 e. The van der Waals surface area contributed by atoms with Gasteiger partial charge >= 0.3 is 0 Å². The average molecular weight is 404 g/mol. The molecule has 1 aliphatic rings. The first-order chi connectivity index (χ1) is 14.3. The molecule has 0 bridgehead atoms. The lowest BCUT2D eigenvalue weighted by Gasteiger charge is -2.33. The molecular weight excluding hydrogens is 380 g/mol. The highest BCUT2D eigenvalue weighted by atomic mass is 16.5. The van der Waals surface area contributed by atoms with Gasteiger partial charge < -0.3 is 15.4 Å². The van der Waals surface area contributed by atoms with E-state index in [-0.39, 0.29) is 0 Å². The van der Waals surface area contributed by atoms with Gasteiger partial charge in [-0.2, -0.15) is 5.10 Å². The van der Waals surface area contributed by atoms with Crippen LogP contribution < -0.4 is 15.4 Å². The number of para-hydroxylation sites is 2. The molecule has 0 saturated heterocycles. The van der Waals surface area contributed by atoms with Crippen molar-refractivity contribution < 1.29 is 14.3 Å². The van der Waals surface area contributed by atoms with Crippen LogP contribution in [0, 0.1) is 20.8 Å². The molecule has 1 aliphatic heterocycles. The molecule has 4 rings (SSSR count). The number of carbonyl (C=O) groups excluding carboxylic acids is 2. The Labute approximate surface area is 175 Å². The van der Waals surface area contributed by atoms with Crippen LogP contribution in [0.15, 0.2) is 48.5 Å². The second-order valence-electron chi connectivity index (χ2n) is 7.67. The maximum absolute atomic E-state index is 13.1. The van der Waals surface area contributed by atoms with Crippen molar-refractivity contribution in [3.05, 3.63) is 71.0 Å². The summed E-state index contributed by atoms with van der Waals surface area (Å²) in [6.45, 7) is 7.85. The number of fused-ring (bicyclic) bond motifs is 1. The van der Waals surface area contributed by atoms with Crippen LogP contribution in [-0.4, -0.2) is 27.2 Å². The standard InChI is InChI=1S/C23H24N4O3/c1-14-9-5-6-10-17(14)13-27-16(3)20(15(2)26-27)25-22(29)23(4)21(28)24-18-11-7-8-12-19(18)30-23/h5-12H,13H2,1-4H3,(H,24,28)(H,25,29). The van der Waals surface area contributed by atoms with Gasteiger partial charge in [0.05, 0.1) is 29.3 Å². The Balaban J connectivity index is 1.59. The highest BCUT2D eigenvalue weighted by molar-refractivity contribution is 6.19. The minimum absolute atomic E-state index is 0.457. The molecule has 0 spiro atoms. The van der Waals surface area contributed by atoms with Crippen LogP contribution in [0.1, 0.15) is 29.4 Å². The van der Waals surface area contributed by atoms with E-state index >= 15 is 0 Å². The molecule has 1 atom stereocenters. The van der Waals surface area contributed by atoms with Crippen molar-refractivity contribution in [1.82, 2.24) is 9.78 Å². The topological polar surface area (TPSA) is 85.2 Å². The molecule has 1 aromatic heterocycles. The fourth-order valence-corrected chi connectivity index (χ4v) is 3.53. The number of benzene rings is 2. The lowest BCUT2D eigenvalue weighted by Crippen LogP contribution is -2.56. The lowest BCUT2D eigenvalue weighted by molar-refractivity contribution is -0.143. The van der Waals surface area contributed by atoms with E-state index in [0.717, 1.165) is 11.3 Å². The van der Waals surface area contributed by atoms with E-state index in [9.17, 15) is 9.59 Å². The second kappa shape index (κ2) is 7.33. The second-order valence-corrected chi connectivity index (χ2v) is 7.67. The molecule has 0 radical (unpaired) electrons. The van der Waals surface area contributed by atoms with Crippen molar-refractivity contribution in [3.63, 3.8) is 0 Å². The zero-order chi connectivity index (χ0) is 21.5.